The fraction of sp³-hybridized carbons (Fsp3) is 0.424. The molecule has 0 aliphatic heterocycles. The number of halogens is 4. The van der Waals surface area contributed by atoms with Crippen molar-refractivity contribution in [2.75, 3.05) is 0 Å². The number of benzene rings is 2. The van der Waals surface area contributed by atoms with Gasteiger partial charge in [-0.05, 0) is 71.9 Å². The first-order chi connectivity index (χ1) is 17.4. The second kappa shape index (κ2) is 19.0. The second-order valence-corrected chi connectivity index (χ2v) is 11.8. The molecule has 1 aromatic heterocycles. The van der Waals surface area contributed by atoms with Crippen LogP contribution in [-0.2, 0) is 0 Å². The van der Waals surface area contributed by atoms with E-state index in [1.807, 2.05) is 24.6 Å². The molecule has 0 atom stereocenters. The molecule has 0 amide bonds. The average Bonchev–Trinajstić information content (AvgIpc) is 2.80. The van der Waals surface area contributed by atoms with Crippen LogP contribution < -0.4 is 37.2 Å². The Morgan fingerprint density at radius 2 is 0.829 bits per heavy atom. The molecule has 0 bridgehead atoms. The van der Waals surface area contributed by atoms with Gasteiger partial charge in [0.05, 0.1) is 35.2 Å². The summed E-state index contributed by atoms with van der Waals surface area (Å²) in [4.78, 5) is 14.7. The zero-order chi connectivity index (χ0) is 27.4. The molecule has 2 aromatic carbocycles. The summed E-state index contributed by atoms with van der Waals surface area (Å²) >= 11 is 6.52. The van der Waals surface area contributed by atoms with Crippen LogP contribution in [0.5, 0.6) is 0 Å². The molecule has 0 saturated heterocycles. The molecular formula is C33H42Cl4N3Nd. The van der Waals surface area contributed by atoms with E-state index in [2.05, 4.69) is 93.5 Å². The summed E-state index contributed by atoms with van der Waals surface area (Å²) in [5.74, 6) is 1.50. The van der Waals surface area contributed by atoms with Crippen molar-refractivity contribution in [1.29, 1.82) is 0 Å². The van der Waals surface area contributed by atoms with Gasteiger partial charge in [-0.2, -0.15) is 0 Å². The van der Waals surface area contributed by atoms with Gasteiger partial charge in [0.1, 0.15) is 0 Å². The minimum absolute atomic E-state index is 0. The van der Waals surface area contributed by atoms with E-state index in [0.29, 0.717) is 28.7 Å². The molecule has 3 rings (SSSR count). The molecule has 0 spiro atoms. The fourth-order valence-corrected chi connectivity index (χ4v) is 4.88. The van der Waals surface area contributed by atoms with Gasteiger partial charge in [0.2, 0.25) is 0 Å². The van der Waals surface area contributed by atoms with Crippen molar-refractivity contribution in [3.05, 3.63) is 86.2 Å². The van der Waals surface area contributed by atoms with E-state index >= 15 is 0 Å². The van der Waals surface area contributed by atoms with E-state index in [4.69, 9.17) is 26.6 Å². The molecule has 0 N–H and O–H groups in total. The van der Waals surface area contributed by atoms with Crippen molar-refractivity contribution >= 4 is 35.4 Å². The predicted octanol–water partition coefficient (Wildman–Crippen LogP) is 1.36. The summed E-state index contributed by atoms with van der Waals surface area (Å²) in [7, 11) is 0. The van der Waals surface area contributed by atoms with E-state index < -0.39 is 0 Å². The molecular weight excluding hydrogens is 724 g/mol. The summed E-state index contributed by atoms with van der Waals surface area (Å²) in [5, 5.41) is 0.618. The zero-order valence-corrected chi connectivity index (χ0v) is 32.0. The number of hydrogen-bond donors (Lipinski definition) is 0. The normalized spacial score (nSPS) is 11.2. The first-order valence-electron chi connectivity index (χ1n) is 13.4. The molecule has 0 aliphatic rings. The van der Waals surface area contributed by atoms with Crippen molar-refractivity contribution < 1.29 is 78.1 Å². The van der Waals surface area contributed by atoms with Crippen LogP contribution in [0.25, 0.3) is 0 Å². The number of aryl methyl sites for hydroxylation is 2. The molecule has 0 fully saturated rings. The van der Waals surface area contributed by atoms with Gasteiger partial charge in [-0.15, -0.1) is 0 Å². The molecule has 1 heterocycles. The van der Waals surface area contributed by atoms with Gasteiger partial charge in [-0.1, -0.05) is 102 Å². The molecule has 221 valence electrons. The Bertz CT molecular complexity index is 1180. The quantitative estimate of drug-likeness (QED) is 0.320. The maximum Gasteiger partial charge on any atom is 3.00 e. The van der Waals surface area contributed by atoms with Gasteiger partial charge < -0.3 is 37.2 Å². The monoisotopic (exact) mass is 762 g/mol. The first kappa shape index (κ1) is 42.6. The van der Waals surface area contributed by atoms with Gasteiger partial charge in [0.25, 0.3) is 0 Å². The van der Waals surface area contributed by atoms with E-state index in [9.17, 15) is 0 Å². The Labute approximate surface area is 304 Å². The number of rotatable bonds is 8. The minimum atomic E-state index is 0. The third-order valence-corrected chi connectivity index (χ3v) is 6.81. The summed E-state index contributed by atoms with van der Waals surface area (Å²) in [6.45, 7) is 22.0. The van der Waals surface area contributed by atoms with Crippen LogP contribution in [0.4, 0.5) is 11.4 Å². The van der Waals surface area contributed by atoms with Gasteiger partial charge in [-0.25, -0.2) is 4.98 Å². The largest absolute Gasteiger partial charge is 3.00 e. The van der Waals surface area contributed by atoms with Crippen LogP contribution in [0.1, 0.15) is 124 Å². The molecule has 0 unspecified atom stereocenters. The Hall–Kier alpha value is -0.559. The standard InChI is InChI=1S/C33H42ClN3.3ClH.Nd/c1-19(2)28-11-23(9)12-29(20(3)4)32(28)35-17-26-15-25(34)16-27(37-26)18-36-33-30(21(5)6)13-24(10)14-31(33)22(7)8;;;;/h11-22H,1-10H3;3*1H;/q;;;;+3/p-3. The topological polar surface area (TPSA) is 37.6 Å². The number of nitrogens with zero attached hydrogens (tertiary/aromatic N) is 3. The maximum atomic E-state index is 6.52. The predicted molar refractivity (Wildman–Crippen MR) is 162 cm³/mol. The third kappa shape index (κ3) is 11.5. The molecule has 1 radical (unpaired) electrons. The van der Waals surface area contributed by atoms with Crippen LogP contribution in [0.3, 0.4) is 0 Å². The second-order valence-electron chi connectivity index (χ2n) is 11.4. The zero-order valence-electron chi connectivity index (χ0n) is 25.8. The smallest absolute Gasteiger partial charge is 1.00 e. The number of aromatic nitrogens is 1. The van der Waals surface area contributed by atoms with Crippen LogP contribution in [0, 0.1) is 54.7 Å². The molecule has 41 heavy (non-hydrogen) atoms. The molecule has 8 heteroatoms. The summed E-state index contributed by atoms with van der Waals surface area (Å²) in [6.07, 6.45) is 3.66. The number of aliphatic imine (C=N–C) groups is 2. The Balaban J connectivity index is 0. The molecule has 0 saturated carbocycles. The van der Waals surface area contributed by atoms with Crippen LogP contribution in [0.2, 0.25) is 5.02 Å². The third-order valence-electron chi connectivity index (χ3n) is 6.60. The van der Waals surface area contributed by atoms with Gasteiger partial charge in [0, 0.05) is 5.02 Å². The number of pyridine rings is 1. The average molecular weight is 767 g/mol. The van der Waals surface area contributed by atoms with Crippen molar-refractivity contribution in [1.82, 2.24) is 4.98 Å². The van der Waals surface area contributed by atoms with Gasteiger partial charge >= 0.3 is 40.8 Å². The van der Waals surface area contributed by atoms with Crippen molar-refractivity contribution in [2.45, 2.75) is 92.9 Å². The van der Waals surface area contributed by atoms with Crippen LogP contribution >= 0.6 is 11.6 Å². The van der Waals surface area contributed by atoms with Crippen LogP contribution in [-0.4, -0.2) is 17.4 Å². The van der Waals surface area contributed by atoms with E-state index in [1.54, 1.807) is 0 Å². The van der Waals surface area contributed by atoms with E-state index in [1.165, 1.54) is 33.4 Å². The fourth-order valence-electron chi connectivity index (χ4n) is 4.66. The van der Waals surface area contributed by atoms with Crippen molar-refractivity contribution in [3.8, 4) is 0 Å². The minimum Gasteiger partial charge on any atom is -1.00 e. The Kier molecular flexibility index (Phi) is 19.7. The number of hydrogen-bond acceptors (Lipinski definition) is 3. The van der Waals surface area contributed by atoms with Gasteiger partial charge in [0.15, 0.2) is 0 Å². The van der Waals surface area contributed by atoms with E-state index in [-0.39, 0.29) is 78.1 Å². The SMILES string of the molecule is Cc1cc(C(C)C)c(N=Cc2cc(Cl)cc(C=Nc3c(C(C)C)cc(C)cc3C(C)C)n2)c(C(C)C)c1.[Cl-].[Cl-].[Cl-].[Nd+3]. The summed E-state index contributed by atoms with van der Waals surface area (Å²) in [6, 6.07) is 12.7. The van der Waals surface area contributed by atoms with Crippen molar-refractivity contribution in [3.63, 3.8) is 0 Å². The molecule has 0 aliphatic carbocycles. The summed E-state index contributed by atoms with van der Waals surface area (Å²) in [5.41, 5.74) is 11.1. The summed E-state index contributed by atoms with van der Waals surface area (Å²) < 4.78 is 0. The molecule has 3 aromatic rings. The van der Waals surface area contributed by atoms with Crippen LogP contribution in [0.15, 0.2) is 46.4 Å². The first-order valence-corrected chi connectivity index (χ1v) is 13.8. The van der Waals surface area contributed by atoms with E-state index in [0.717, 1.165) is 22.8 Å². The Morgan fingerprint density at radius 1 is 0.561 bits per heavy atom. The maximum absolute atomic E-state index is 6.52. The van der Waals surface area contributed by atoms with Gasteiger partial charge in [-0.3, -0.25) is 9.98 Å². The Morgan fingerprint density at radius 3 is 1.07 bits per heavy atom. The van der Waals surface area contributed by atoms with Crippen molar-refractivity contribution in [2.24, 2.45) is 9.98 Å². The molecule has 3 nitrogen and oxygen atoms in total.